The van der Waals surface area contributed by atoms with Gasteiger partial charge in [-0.3, -0.25) is 19.3 Å². The number of aliphatic hydroxyl groups excluding tert-OH is 3. The number of fused-ring (bicyclic) bond motifs is 3. The molecule has 1 aromatic carbocycles. The first-order valence-corrected chi connectivity index (χ1v) is 9.71. The Morgan fingerprint density at radius 1 is 1.18 bits per heavy atom. The summed E-state index contributed by atoms with van der Waals surface area (Å²) in [4.78, 5) is 39.8. The molecule has 0 bridgehead atoms. The molecular weight excluding hydrogens is 456 g/mol. The number of rotatable bonds is 2. The van der Waals surface area contributed by atoms with Gasteiger partial charge in [0.2, 0.25) is 5.78 Å². The highest BCUT2D eigenvalue weighted by Gasteiger charge is 2.68. The summed E-state index contributed by atoms with van der Waals surface area (Å²) < 4.78 is 0. The molecule has 0 aromatic heterocycles. The molecule has 2 unspecified atom stereocenters. The molecule has 0 heterocycles. The summed E-state index contributed by atoms with van der Waals surface area (Å²) in [7, 11) is 2.88. The SMILES string of the molecule is C=C1c2cccc(O)c2C(O)=C2C(=O)[C@]3(O)C(O)=C(C(N)=O)C(=O)[C@H](N(C)C)C3[C@@H](O)C12.Cl. The predicted octanol–water partition coefficient (Wildman–Crippen LogP) is -0.173. The van der Waals surface area contributed by atoms with Crippen molar-refractivity contribution in [3.63, 3.8) is 0 Å². The van der Waals surface area contributed by atoms with Gasteiger partial charge in [0.15, 0.2) is 11.4 Å². The minimum atomic E-state index is -2.94. The Balaban J connectivity index is 0.00000306. The van der Waals surface area contributed by atoms with Crippen LogP contribution >= 0.6 is 12.4 Å². The third kappa shape index (κ3) is 2.88. The summed E-state index contributed by atoms with van der Waals surface area (Å²) >= 11 is 0. The van der Waals surface area contributed by atoms with Gasteiger partial charge in [-0.2, -0.15) is 0 Å². The zero-order valence-corrected chi connectivity index (χ0v) is 18.5. The molecule has 10 nitrogen and oxygen atoms in total. The second-order valence-electron chi connectivity index (χ2n) is 8.44. The Hall–Kier alpha value is -3.18. The molecule has 1 fully saturated rings. The molecule has 0 aliphatic heterocycles. The topological polar surface area (TPSA) is 182 Å². The predicted molar refractivity (Wildman–Crippen MR) is 118 cm³/mol. The first-order chi connectivity index (χ1) is 14.9. The molecule has 0 radical (unpaired) electrons. The molecule has 1 aromatic rings. The molecule has 5 atom stereocenters. The quantitative estimate of drug-likeness (QED) is 0.314. The van der Waals surface area contributed by atoms with Crippen LogP contribution in [0.3, 0.4) is 0 Å². The van der Waals surface area contributed by atoms with Crippen LogP contribution in [0.15, 0.2) is 41.7 Å². The largest absolute Gasteiger partial charge is 0.508 e. The molecule has 0 saturated heterocycles. The number of nitrogens with zero attached hydrogens (tertiary/aromatic N) is 1. The standard InChI is InChI=1S/C22H22N2O8.ClH/c1-7-8-5-4-6-9(25)11(8)16(26)12-10(7)17(27)14-15(24(2)3)18(28)13(21(23)31)20(30)22(14,32)19(12)29;/h4-6,10,14-15,17,25-27,30,32H,1H2,2-3H3,(H2,23,31);1H/t10?,14?,15-,17+,22+;/m1./s1. The number of likely N-dealkylation sites (N-methyl/N-ethyl adjacent to an activating group) is 1. The molecule has 1 amide bonds. The fourth-order valence-electron chi connectivity index (χ4n) is 5.21. The van der Waals surface area contributed by atoms with Crippen LogP contribution in [-0.4, -0.2) is 79.7 Å². The van der Waals surface area contributed by atoms with E-state index in [1.165, 1.54) is 37.2 Å². The molecule has 176 valence electrons. The van der Waals surface area contributed by atoms with Gasteiger partial charge in [-0.15, -0.1) is 12.4 Å². The number of aliphatic hydroxyl groups is 4. The van der Waals surface area contributed by atoms with Gasteiger partial charge in [-0.25, -0.2) is 0 Å². The van der Waals surface area contributed by atoms with E-state index in [1.807, 2.05) is 0 Å². The van der Waals surface area contributed by atoms with E-state index in [-0.39, 0.29) is 34.9 Å². The van der Waals surface area contributed by atoms with E-state index >= 15 is 0 Å². The minimum Gasteiger partial charge on any atom is -0.508 e. The summed E-state index contributed by atoms with van der Waals surface area (Å²) in [5, 5.41) is 54.7. The first-order valence-electron chi connectivity index (χ1n) is 9.71. The van der Waals surface area contributed by atoms with Crippen molar-refractivity contribution < 1.29 is 39.9 Å². The summed E-state index contributed by atoms with van der Waals surface area (Å²) in [6, 6.07) is 2.89. The van der Waals surface area contributed by atoms with E-state index in [9.17, 15) is 39.9 Å². The number of hydrogen-bond donors (Lipinski definition) is 6. The van der Waals surface area contributed by atoms with Crippen LogP contribution in [0, 0.1) is 11.8 Å². The highest BCUT2D eigenvalue weighted by molar-refractivity contribution is 6.25. The average molecular weight is 479 g/mol. The van der Waals surface area contributed by atoms with Crippen molar-refractivity contribution in [1.29, 1.82) is 0 Å². The van der Waals surface area contributed by atoms with Gasteiger partial charge in [-0.1, -0.05) is 18.7 Å². The number of amides is 1. The van der Waals surface area contributed by atoms with Crippen molar-refractivity contribution in [3.05, 3.63) is 52.8 Å². The van der Waals surface area contributed by atoms with Crippen molar-refractivity contribution >= 4 is 41.2 Å². The minimum absolute atomic E-state index is 0. The zero-order valence-electron chi connectivity index (χ0n) is 17.6. The Labute approximate surface area is 194 Å². The van der Waals surface area contributed by atoms with Crippen molar-refractivity contribution in [2.24, 2.45) is 17.6 Å². The molecular formula is C22H23ClN2O8. The first kappa shape index (κ1) is 24.5. The number of phenols is 1. The van der Waals surface area contributed by atoms with Gasteiger partial charge in [-0.05, 0) is 31.3 Å². The van der Waals surface area contributed by atoms with E-state index < -0.39 is 69.7 Å². The monoisotopic (exact) mass is 478 g/mol. The number of aromatic hydroxyl groups is 1. The van der Waals surface area contributed by atoms with Gasteiger partial charge in [0.05, 0.1) is 29.2 Å². The lowest BCUT2D eigenvalue weighted by molar-refractivity contribution is -0.166. The summed E-state index contributed by atoms with van der Waals surface area (Å²) in [6.07, 6.45) is -1.69. The van der Waals surface area contributed by atoms with Crippen LogP contribution in [0.4, 0.5) is 0 Å². The van der Waals surface area contributed by atoms with Crippen molar-refractivity contribution in [3.8, 4) is 5.75 Å². The van der Waals surface area contributed by atoms with Crippen molar-refractivity contribution in [2.75, 3.05) is 14.1 Å². The smallest absolute Gasteiger partial charge is 0.255 e. The van der Waals surface area contributed by atoms with Crippen LogP contribution in [0.1, 0.15) is 11.1 Å². The second kappa shape index (κ2) is 7.70. The van der Waals surface area contributed by atoms with E-state index in [1.54, 1.807) is 0 Å². The lowest BCUT2D eigenvalue weighted by Crippen LogP contribution is -2.70. The zero-order chi connectivity index (χ0) is 23.9. The third-order valence-electron chi connectivity index (χ3n) is 6.61. The van der Waals surface area contributed by atoms with Crippen molar-refractivity contribution in [2.45, 2.75) is 17.7 Å². The molecule has 0 spiro atoms. The fraction of sp³-hybridized carbons (Fsp3) is 0.318. The molecule has 33 heavy (non-hydrogen) atoms. The van der Waals surface area contributed by atoms with Gasteiger partial charge in [0.1, 0.15) is 22.8 Å². The summed E-state index contributed by atoms with van der Waals surface area (Å²) in [5.74, 6) is -8.78. The van der Waals surface area contributed by atoms with E-state index in [2.05, 4.69) is 6.58 Å². The number of Topliss-reactive ketones (excluding diaryl/α,β-unsaturated/α-hetero) is 2. The van der Waals surface area contributed by atoms with Gasteiger partial charge >= 0.3 is 0 Å². The lowest BCUT2D eigenvalue weighted by Gasteiger charge is -2.52. The maximum atomic E-state index is 13.6. The highest BCUT2D eigenvalue weighted by atomic mass is 35.5. The van der Waals surface area contributed by atoms with E-state index in [0.29, 0.717) is 0 Å². The van der Waals surface area contributed by atoms with Gasteiger partial charge in [0, 0.05) is 5.92 Å². The van der Waals surface area contributed by atoms with Gasteiger partial charge in [0.25, 0.3) is 5.91 Å². The molecule has 3 aliphatic rings. The number of ketones is 2. The second-order valence-corrected chi connectivity index (χ2v) is 8.44. The number of primary amides is 1. The number of carbonyl (C=O) groups is 3. The number of carbonyl (C=O) groups excluding carboxylic acids is 3. The third-order valence-corrected chi connectivity index (χ3v) is 6.61. The van der Waals surface area contributed by atoms with Crippen LogP contribution in [-0.2, 0) is 14.4 Å². The Morgan fingerprint density at radius 2 is 1.79 bits per heavy atom. The lowest BCUT2D eigenvalue weighted by atomic mass is 9.55. The number of nitrogens with two attached hydrogens (primary N) is 1. The number of benzene rings is 1. The highest BCUT2D eigenvalue weighted by Crippen LogP contribution is 2.55. The molecule has 1 saturated carbocycles. The molecule has 7 N–H and O–H groups in total. The molecule has 11 heteroatoms. The van der Waals surface area contributed by atoms with Crippen molar-refractivity contribution in [1.82, 2.24) is 4.90 Å². The average Bonchev–Trinajstić information content (AvgIpc) is 2.70. The van der Waals surface area contributed by atoms with Crippen LogP contribution in [0.5, 0.6) is 5.75 Å². The maximum absolute atomic E-state index is 13.6. The van der Waals surface area contributed by atoms with Crippen LogP contribution in [0.25, 0.3) is 11.3 Å². The number of halogens is 1. The Morgan fingerprint density at radius 3 is 2.33 bits per heavy atom. The fourth-order valence-corrected chi connectivity index (χ4v) is 5.21. The summed E-state index contributed by atoms with van der Waals surface area (Å²) in [6.45, 7) is 3.91. The number of hydrogen-bond acceptors (Lipinski definition) is 9. The number of phenolic OH excluding ortho intramolecular Hbond substituents is 1. The van der Waals surface area contributed by atoms with Crippen LogP contribution < -0.4 is 5.73 Å². The Kier molecular flexibility index (Phi) is 5.71. The van der Waals surface area contributed by atoms with E-state index in [4.69, 9.17) is 5.73 Å². The van der Waals surface area contributed by atoms with Crippen LogP contribution in [0.2, 0.25) is 0 Å². The normalized spacial score (nSPS) is 31.1. The maximum Gasteiger partial charge on any atom is 0.255 e. The molecule has 3 aliphatic carbocycles. The summed E-state index contributed by atoms with van der Waals surface area (Å²) in [5.41, 5.74) is 1.16. The van der Waals surface area contributed by atoms with E-state index in [0.717, 1.165) is 0 Å². The molecule has 4 rings (SSSR count). The van der Waals surface area contributed by atoms with Gasteiger partial charge < -0.3 is 31.3 Å². The Bertz CT molecular complexity index is 1190.